The Balaban J connectivity index is 1.40. The van der Waals surface area contributed by atoms with Crippen LogP contribution in [0, 0.1) is 11.6 Å². The third kappa shape index (κ3) is 5.53. The lowest BCUT2D eigenvalue weighted by molar-refractivity contribution is -0.121. The molecule has 168 valence electrons. The highest BCUT2D eigenvalue weighted by molar-refractivity contribution is 7.10. The minimum absolute atomic E-state index is 0.0718. The molecular weight excluding hydrogens is 428 g/mol. The number of hydrogen-bond acceptors (Lipinski definition) is 4. The first-order valence-corrected chi connectivity index (χ1v) is 11.7. The summed E-state index contributed by atoms with van der Waals surface area (Å²) in [4.78, 5) is 18.6. The summed E-state index contributed by atoms with van der Waals surface area (Å²) < 4.78 is 26.4. The molecule has 1 aliphatic heterocycles. The lowest BCUT2D eigenvalue weighted by Crippen LogP contribution is -2.52. The van der Waals surface area contributed by atoms with E-state index in [4.69, 9.17) is 0 Å². The van der Waals surface area contributed by atoms with E-state index in [0.717, 1.165) is 37.4 Å². The van der Waals surface area contributed by atoms with Gasteiger partial charge in [0.1, 0.15) is 11.6 Å². The number of halogens is 2. The molecule has 1 amide bonds. The van der Waals surface area contributed by atoms with Crippen LogP contribution in [0.2, 0.25) is 0 Å². The van der Waals surface area contributed by atoms with Crippen LogP contribution in [0.3, 0.4) is 0 Å². The molecule has 2 atom stereocenters. The molecule has 0 spiro atoms. The lowest BCUT2D eigenvalue weighted by atomic mass is 10.0. The van der Waals surface area contributed by atoms with Crippen LogP contribution in [0.25, 0.3) is 0 Å². The van der Waals surface area contributed by atoms with Crippen molar-refractivity contribution in [1.82, 2.24) is 10.2 Å². The second kappa shape index (κ2) is 10.2. The molecule has 0 saturated carbocycles. The maximum Gasteiger partial charge on any atom is 0.224 e. The zero-order valence-corrected chi connectivity index (χ0v) is 18.8. The van der Waals surface area contributed by atoms with E-state index in [1.807, 2.05) is 25.1 Å². The third-order valence-electron chi connectivity index (χ3n) is 5.87. The van der Waals surface area contributed by atoms with Gasteiger partial charge in [0.2, 0.25) is 5.91 Å². The van der Waals surface area contributed by atoms with E-state index in [2.05, 4.69) is 26.6 Å². The molecule has 0 bridgehead atoms. The van der Waals surface area contributed by atoms with Gasteiger partial charge in [0, 0.05) is 42.8 Å². The van der Waals surface area contributed by atoms with Crippen LogP contribution in [-0.4, -0.2) is 43.0 Å². The highest BCUT2D eigenvalue weighted by Gasteiger charge is 2.31. The van der Waals surface area contributed by atoms with Crippen LogP contribution < -0.4 is 10.2 Å². The van der Waals surface area contributed by atoms with Crippen molar-refractivity contribution in [2.24, 2.45) is 0 Å². The van der Waals surface area contributed by atoms with E-state index in [-0.39, 0.29) is 36.0 Å². The number of anilines is 1. The van der Waals surface area contributed by atoms with Crippen molar-refractivity contribution in [3.05, 3.63) is 88.1 Å². The third-order valence-corrected chi connectivity index (χ3v) is 6.82. The van der Waals surface area contributed by atoms with Crippen molar-refractivity contribution in [2.45, 2.75) is 25.4 Å². The molecule has 0 aliphatic carbocycles. The summed E-state index contributed by atoms with van der Waals surface area (Å²) in [5, 5.41) is 5.21. The van der Waals surface area contributed by atoms with E-state index >= 15 is 0 Å². The number of piperazine rings is 1. The van der Waals surface area contributed by atoms with Gasteiger partial charge in [-0.25, -0.2) is 8.78 Å². The Morgan fingerprint density at radius 1 is 0.969 bits per heavy atom. The summed E-state index contributed by atoms with van der Waals surface area (Å²) in [5.74, 6) is -0.606. The average Bonchev–Trinajstić information content (AvgIpc) is 3.31. The van der Waals surface area contributed by atoms with Gasteiger partial charge in [-0.1, -0.05) is 18.2 Å². The monoisotopic (exact) mass is 455 g/mol. The largest absolute Gasteiger partial charge is 0.369 e. The number of carbonyl (C=O) groups excluding carboxylic acids is 1. The zero-order chi connectivity index (χ0) is 22.5. The molecule has 1 saturated heterocycles. The van der Waals surface area contributed by atoms with Crippen molar-refractivity contribution in [1.29, 1.82) is 0 Å². The normalized spacial score (nSPS) is 16.5. The molecular formula is C25H27F2N3OS. The fraction of sp³-hybridized carbons (Fsp3) is 0.320. The van der Waals surface area contributed by atoms with E-state index in [9.17, 15) is 13.6 Å². The smallest absolute Gasteiger partial charge is 0.224 e. The predicted octanol–water partition coefficient (Wildman–Crippen LogP) is 4.64. The first kappa shape index (κ1) is 22.4. The molecule has 4 rings (SSSR count). The van der Waals surface area contributed by atoms with Crippen molar-refractivity contribution < 1.29 is 13.6 Å². The molecule has 0 radical (unpaired) electrons. The summed E-state index contributed by atoms with van der Waals surface area (Å²) in [6, 6.07) is 16.8. The molecule has 32 heavy (non-hydrogen) atoms. The predicted molar refractivity (Wildman–Crippen MR) is 125 cm³/mol. The zero-order valence-electron chi connectivity index (χ0n) is 18.0. The second-order valence-electron chi connectivity index (χ2n) is 8.12. The first-order chi connectivity index (χ1) is 15.5. The van der Waals surface area contributed by atoms with Gasteiger partial charge < -0.3 is 10.2 Å². The second-order valence-corrected chi connectivity index (χ2v) is 9.10. The number of carbonyl (C=O) groups is 1. The lowest BCUT2D eigenvalue weighted by Gasteiger charge is -2.42. The molecule has 2 heterocycles. The Labute approximate surface area is 191 Å². The van der Waals surface area contributed by atoms with Gasteiger partial charge in [0.25, 0.3) is 0 Å². The van der Waals surface area contributed by atoms with Gasteiger partial charge in [-0.2, -0.15) is 0 Å². The SMILES string of the molecule is C[C@H](NC(=O)Cc1ccc(F)cc1)[C@@H](c1cccs1)N1CCN(c2ccc(F)cc2)CC1. The Hall–Kier alpha value is -2.77. The quantitative estimate of drug-likeness (QED) is 0.564. The molecule has 7 heteroatoms. The molecule has 1 aromatic heterocycles. The van der Waals surface area contributed by atoms with Crippen molar-refractivity contribution >= 4 is 22.9 Å². The van der Waals surface area contributed by atoms with E-state index in [1.54, 1.807) is 23.5 Å². The molecule has 4 nitrogen and oxygen atoms in total. The molecule has 0 unspecified atom stereocenters. The summed E-state index contributed by atoms with van der Waals surface area (Å²) in [6.45, 7) is 5.41. The van der Waals surface area contributed by atoms with Gasteiger partial charge >= 0.3 is 0 Å². The van der Waals surface area contributed by atoms with E-state index in [0.29, 0.717) is 0 Å². The maximum atomic E-state index is 13.3. The van der Waals surface area contributed by atoms with Crippen LogP contribution in [0.5, 0.6) is 0 Å². The minimum atomic E-state index is -0.305. The van der Waals surface area contributed by atoms with Crippen molar-refractivity contribution in [3.63, 3.8) is 0 Å². The van der Waals surface area contributed by atoms with E-state index in [1.165, 1.54) is 29.1 Å². The van der Waals surface area contributed by atoms with Gasteiger partial charge in [0.15, 0.2) is 0 Å². The maximum absolute atomic E-state index is 13.3. The van der Waals surface area contributed by atoms with Crippen LogP contribution in [-0.2, 0) is 11.2 Å². The summed E-state index contributed by atoms with van der Waals surface area (Å²) in [6.07, 6.45) is 0.222. The van der Waals surface area contributed by atoms with Gasteiger partial charge in [-0.15, -0.1) is 11.3 Å². The Morgan fingerprint density at radius 3 is 2.19 bits per heavy atom. The van der Waals surface area contributed by atoms with Crippen LogP contribution in [0.4, 0.5) is 14.5 Å². The fourth-order valence-electron chi connectivity index (χ4n) is 4.28. The van der Waals surface area contributed by atoms with Gasteiger partial charge in [0.05, 0.1) is 12.5 Å². The number of rotatable bonds is 7. The number of nitrogens with zero attached hydrogens (tertiary/aromatic N) is 2. The average molecular weight is 456 g/mol. The first-order valence-electron chi connectivity index (χ1n) is 10.8. The number of hydrogen-bond donors (Lipinski definition) is 1. The van der Waals surface area contributed by atoms with Crippen molar-refractivity contribution in [3.8, 4) is 0 Å². The number of nitrogens with one attached hydrogen (secondary N) is 1. The Bertz CT molecular complexity index is 1000. The highest BCUT2D eigenvalue weighted by Crippen LogP contribution is 2.30. The molecule has 2 aromatic carbocycles. The minimum Gasteiger partial charge on any atom is -0.369 e. The summed E-state index contributed by atoms with van der Waals surface area (Å²) in [5.41, 5.74) is 1.82. The number of amides is 1. The Kier molecular flexibility index (Phi) is 7.17. The van der Waals surface area contributed by atoms with Crippen LogP contribution in [0.15, 0.2) is 66.0 Å². The van der Waals surface area contributed by atoms with E-state index < -0.39 is 0 Å². The standard InChI is InChI=1S/C25H27F2N3OS/c1-18(28-24(31)17-19-4-6-20(26)7-5-19)25(23-3-2-16-32-23)30-14-12-29(13-15-30)22-10-8-21(27)9-11-22/h2-11,16,18,25H,12-15,17H2,1H3,(H,28,31)/t18-,25-/m0/s1. The van der Waals surface area contributed by atoms with Gasteiger partial charge in [-0.05, 0) is 60.3 Å². The van der Waals surface area contributed by atoms with Crippen LogP contribution >= 0.6 is 11.3 Å². The number of thiophene rings is 1. The molecule has 1 aliphatic rings. The van der Waals surface area contributed by atoms with Gasteiger partial charge in [-0.3, -0.25) is 9.69 Å². The number of benzene rings is 2. The fourth-order valence-corrected chi connectivity index (χ4v) is 5.25. The molecule has 1 N–H and O–H groups in total. The topological polar surface area (TPSA) is 35.6 Å². The molecule has 3 aromatic rings. The highest BCUT2D eigenvalue weighted by atomic mass is 32.1. The Morgan fingerprint density at radius 2 is 1.59 bits per heavy atom. The van der Waals surface area contributed by atoms with Crippen molar-refractivity contribution in [2.75, 3.05) is 31.1 Å². The summed E-state index contributed by atoms with van der Waals surface area (Å²) in [7, 11) is 0. The van der Waals surface area contributed by atoms with Crippen LogP contribution in [0.1, 0.15) is 23.4 Å². The molecule has 1 fully saturated rings. The summed E-state index contributed by atoms with van der Waals surface area (Å²) >= 11 is 1.69.